The van der Waals surface area contributed by atoms with Gasteiger partial charge in [0.15, 0.2) is 0 Å². The molecule has 168 valence electrons. The van der Waals surface area contributed by atoms with Crippen molar-refractivity contribution in [1.82, 2.24) is 15.2 Å². The lowest BCUT2D eigenvalue weighted by Crippen LogP contribution is -2.37. The summed E-state index contributed by atoms with van der Waals surface area (Å²) in [5.74, 6) is -0.620. The van der Waals surface area contributed by atoms with Crippen LogP contribution >= 0.6 is 23.1 Å². The molecule has 1 saturated heterocycles. The fourth-order valence-corrected chi connectivity index (χ4v) is 5.23. The number of para-hydroxylation sites is 1. The number of hydrogen-bond donors (Lipinski definition) is 1. The van der Waals surface area contributed by atoms with E-state index >= 15 is 0 Å². The quantitative estimate of drug-likeness (QED) is 0.369. The molecule has 3 heterocycles. The van der Waals surface area contributed by atoms with Crippen LogP contribution in [0.5, 0.6) is 0 Å². The number of carbonyl (C=O) groups is 3. The van der Waals surface area contributed by atoms with Gasteiger partial charge >= 0.3 is 0 Å². The molecule has 2 aromatic heterocycles. The summed E-state index contributed by atoms with van der Waals surface area (Å²) in [4.78, 5) is 45.4. The van der Waals surface area contributed by atoms with Crippen LogP contribution in [-0.2, 0) is 4.79 Å². The van der Waals surface area contributed by atoms with E-state index in [1.807, 2.05) is 72.1 Å². The minimum atomic E-state index is -0.345. The Hall–Kier alpha value is -3.75. The van der Waals surface area contributed by atoms with Crippen molar-refractivity contribution in [3.05, 3.63) is 94.2 Å². The fraction of sp³-hybridized carbons (Fsp3) is 0.0769. The number of rotatable bonds is 6. The number of thioether (sulfide) groups is 1. The highest BCUT2D eigenvalue weighted by Crippen LogP contribution is 2.32. The normalized spacial score (nSPS) is 14.8. The smallest absolute Gasteiger partial charge is 0.293 e. The van der Waals surface area contributed by atoms with Crippen molar-refractivity contribution in [2.45, 2.75) is 0 Å². The van der Waals surface area contributed by atoms with Gasteiger partial charge in [-0.3, -0.25) is 19.3 Å². The number of benzene rings is 2. The summed E-state index contributed by atoms with van der Waals surface area (Å²) in [7, 11) is 0. The number of imide groups is 1. The Bertz CT molecular complexity index is 1420. The van der Waals surface area contributed by atoms with Crippen molar-refractivity contribution in [2.24, 2.45) is 0 Å². The molecule has 34 heavy (non-hydrogen) atoms. The highest BCUT2D eigenvalue weighted by Gasteiger charge is 2.34. The van der Waals surface area contributed by atoms with Crippen LogP contribution in [0.4, 0.5) is 4.79 Å². The van der Waals surface area contributed by atoms with Crippen molar-refractivity contribution in [2.75, 3.05) is 13.1 Å². The predicted molar refractivity (Wildman–Crippen MR) is 137 cm³/mol. The molecule has 1 fully saturated rings. The summed E-state index contributed by atoms with van der Waals surface area (Å²) < 4.78 is 0. The van der Waals surface area contributed by atoms with Gasteiger partial charge in [0.2, 0.25) is 0 Å². The van der Waals surface area contributed by atoms with Crippen molar-refractivity contribution >= 4 is 57.1 Å². The molecule has 0 saturated carbocycles. The van der Waals surface area contributed by atoms with Crippen LogP contribution in [0.2, 0.25) is 0 Å². The van der Waals surface area contributed by atoms with E-state index in [0.717, 1.165) is 38.8 Å². The summed E-state index contributed by atoms with van der Waals surface area (Å²) >= 11 is 2.47. The number of nitrogens with zero attached hydrogens (tertiary/aromatic N) is 2. The SMILES string of the molecule is O=C(NCCN1C(=O)SC(=Cc2ccccc2)C1=O)c1cc(-c2cccs2)nc2ccccc12. The molecule has 0 bridgehead atoms. The third-order valence-electron chi connectivity index (χ3n) is 5.33. The molecule has 0 radical (unpaired) electrons. The van der Waals surface area contributed by atoms with Crippen LogP contribution in [0, 0.1) is 0 Å². The number of hydrogen-bond acceptors (Lipinski definition) is 6. The highest BCUT2D eigenvalue weighted by molar-refractivity contribution is 8.18. The molecule has 8 heteroatoms. The van der Waals surface area contributed by atoms with Gasteiger partial charge in [-0.15, -0.1) is 11.3 Å². The minimum Gasteiger partial charge on any atom is -0.350 e. The molecule has 6 nitrogen and oxygen atoms in total. The Kier molecular flexibility index (Phi) is 6.24. The Morgan fingerprint density at radius 1 is 1.00 bits per heavy atom. The number of fused-ring (bicyclic) bond motifs is 1. The fourth-order valence-electron chi connectivity index (χ4n) is 3.68. The summed E-state index contributed by atoms with van der Waals surface area (Å²) in [6.07, 6.45) is 1.71. The first-order valence-electron chi connectivity index (χ1n) is 10.6. The van der Waals surface area contributed by atoms with Gasteiger partial charge in [0.25, 0.3) is 17.1 Å². The summed E-state index contributed by atoms with van der Waals surface area (Å²) in [5, 5.41) is 5.24. The largest absolute Gasteiger partial charge is 0.350 e. The monoisotopic (exact) mass is 485 g/mol. The lowest BCUT2D eigenvalue weighted by atomic mass is 10.1. The van der Waals surface area contributed by atoms with E-state index in [2.05, 4.69) is 5.32 Å². The van der Waals surface area contributed by atoms with Gasteiger partial charge in [-0.25, -0.2) is 4.98 Å². The maximum Gasteiger partial charge on any atom is 0.293 e. The van der Waals surface area contributed by atoms with Gasteiger partial charge in [0, 0.05) is 18.5 Å². The van der Waals surface area contributed by atoms with Gasteiger partial charge in [-0.2, -0.15) is 0 Å². The molecule has 1 aliphatic rings. The van der Waals surface area contributed by atoms with Crippen molar-refractivity contribution in [3.63, 3.8) is 0 Å². The van der Waals surface area contributed by atoms with Crippen LogP contribution in [0.15, 0.2) is 83.1 Å². The third kappa shape index (κ3) is 4.50. The number of amides is 3. The molecule has 0 atom stereocenters. The Labute approximate surface area is 204 Å². The van der Waals surface area contributed by atoms with Gasteiger partial charge in [-0.05, 0) is 47.0 Å². The molecule has 0 aliphatic carbocycles. The molecule has 3 amide bonds. The topological polar surface area (TPSA) is 79.4 Å². The van der Waals surface area contributed by atoms with Crippen LogP contribution in [0.1, 0.15) is 15.9 Å². The number of carbonyl (C=O) groups excluding carboxylic acids is 3. The van der Waals surface area contributed by atoms with E-state index in [1.165, 1.54) is 4.90 Å². The first-order valence-corrected chi connectivity index (χ1v) is 12.3. The summed E-state index contributed by atoms with van der Waals surface area (Å²) in [6, 6.07) is 22.6. The zero-order chi connectivity index (χ0) is 23.5. The highest BCUT2D eigenvalue weighted by atomic mass is 32.2. The molecular weight excluding hydrogens is 466 g/mol. The molecule has 1 aliphatic heterocycles. The van der Waals surface area contributed by atoms with Crippen LogP contribution in [-0.4, -0.2) is 40.0 Å². The molecular formula is C26H19N3O3S2. The molecule has 0 spiro atoms. The zero-order valence-electron chi connectivity index (χ0n) is 17.9. The second kappa shape index (κ2) is 9.62. The second-order valence-electron chi connectivity index (χ2n) is 7.55. The number of aromatic nitrogens is 1. The average Bonchev–Trinajstić information content (AvgIpc) is 3.48. The van der Waals surface area contributed by atoms with Crippen LogP contribution < -0.4 is 5.32 Å². The predicted octanol–water partition coefficient (Wildman–Crippen LogP) is 5.43. The van der Waals surface area contributed by atoms with E-state index < -0.39 is 0 Å². The molecule has 1 N–H and O–H groups in total. The number of pyridine rings is 1. The van der Waals surface area contributed by atoms with Crippen LogP contribution in [0.25, 0.3) is 27.6 Å². The van der Waals surface area contributed by atoms with E-state index in [9.17, 15) is 14.4 Å². The first-order chi connectivity index (χ1) is 16.6. The van der Waals surface area contributed by atoms with Gasteiger partial charge in [-0.1, -0.05) is 54.6 Å². The minimum absolute atomic E-state index is 0.101. The van der Waals surface area contributed by atoms with Gasteiger partial charge in [0.05, 0.1) is 26.6 Å². The summed E-state index contributed by atoms with van der Waals surface area (Å²) in [5.41, 5.74) is 2.82. The Balaban J connectivity index is 1.30. The van der Waals surface area contributed by atoms with Crippen molar-refractivity contribution in [3.8, 4) is 10.6 Å². The molecule has 0 unspecified atom stereocenters. The third-order valence-corrected chi connectivity index (χ3v) is 7.13. The summed E-state index contributed by atoms with van der Waals surface area (Å²) in [6.45, 7) is 0.254. The molecule has 2 aromatic carbocycles. The standard InChI is InChI=1S/C26H19N3O3S2/c30-24(19-16-21(22-11-6-14-33-22)28-20-10-5-4-9-18(19)20)27-12-13-29-25(31)23(34-26(29)32)15-17-7-2-1-3-8-17/h1-11,14-16H,12-13H2,(H,27,30). The van der Waals surface area contributed by atoms with Crippen molar-refractivity contribution < 1.29 is 14.4 Å². The maximum atomic E-state index is 13.1. The maximum absolute atomic E-state index is 13.1. The lowest BCUT2D eigenvalue weighted by Gasteiger charge is -2.14. The van der Waals surface area contributed by atoms with E-state index in [-0.39, 0.29) is 30.1 Å². The lowest BCUT2D eigenvalue weighted by molar-refractivity contribution is -0.122. The van der Waals surface area contributed by atoms with E-state index in [0.29, 0.717) is 10.5 Å². The Morgan fingerprint density at radius 2 is 1.79 bits per heavy atom. The molecule has 4 aromatic rings. The van der Waals surface area contributed by atoms with E-state index in [1.54, 1.807) is 23.5 Å². The average molecular weight is 486 g/mol. The Morgan fingerprint density at radius 3 is 2.59 bits per heavy atom. The van der Waals surface area contributed by atoms with Gasteiger partial charge in [0.1, 0.15) is 0 Å². The zero-order valence-corrected chi connectivity index (χ0v) is 19.6. The molecule has 5 rings (SSSR count). The van der Waals surface area contributed by atoms with Gasteiger partial charge < -0.3 is 5.32 Å². The van der Waals surface area contributed by atoms with E-state index in [4.69, 9.17) is 4.98 Å². The number of nitrogens with one attached hydrogen (secondary N) is 1. The first kappa shape index (κ1) is 22.1. The number of thiophene rings is 1. The van der Waals surface area contributed by atoms with Crippen molar-refractivity contribution in [1.29, 1.82) is 0 Å². The second-order valence-corrected chi connectivity index (χ2v) is 9.49. The van der Waals surface area contributed by atoms with Crippen LogP contribution in [0.3, 0.4) is 0 Å².